The smallest absolute Gasteiger partial charge is 0.325 e. The molecule has 1 aromatic rings. The van der Waals surface area contributed by atoms with Crippen molar-refractivity contribution in [2.75, 3.05) is 6.54 Å². The average Bonchev–Trinajstić information content (AvgIpc) is 2.25. The zero-order valence-corrected chi connectivity index (χ0v) is 11.1. The second-order valence-electron chi connectivity index (χ2n) is 4.70. The van der Waals surface area contributed by atoms with Gasteiger partial charge in [0.05, 0.1) is 5.41 Å². The van der Waals surface area contributed by atoms with Crippen LogP contribution in [-0.4, -0.2) is 36.0 Å². The Labute approximate surface area is 113 Å². The lowest BCUT2D eigenvalue weighted by Gasteiger charge is -2.37. The number of carboxylic acids is 1. The fourth-order valence-corrected chi connectivity index (χ4v) is 3.11. The van der Waals surface area contributed by atoms with E-state index in [0.29, 0.717) is 19.3 Å². The summed E-state index contributed by atoms with van der Waals surface area (Å²) in [5.74, 6) is -1.07. The van der Waals surface area contributed by atoms with Gasteiger partial charge in [-0.05, 0) is 12.8 Å². The first-order valence-electron chi connectivity index (χ1n) is 5.82. The van der Waals surface area contributed by atoms with Gasteiger partial charge >= 0.3 is 11.7 Å². The van der Waals surface area contributed by atoms with Crippen LogP contribution in [0.3, 0.4) is 0 Å². The highest BCUT2D eigenvalue weighted by atomic mass is 32.2. The molecular weight excluding hydrogens is 290 g/mol. The van der Waals surface area contributed by atoms with E-state index in [1.165, 1.54) is 0 Å². The zero-order chi connectivity index (χ0) is 15.0. The molecule has 1 aliphatic rings. The monoisotopic (exact) mass is 303 g/mol. The number of hydrogen-bond acceptors (Lipinski definition) is 5. The van der Waals surface area contributed by atoms with Crippen LogP contribution in [0.25, 0.3) is 0 Å². The molecule has 1 saturated carbocycles. The van der Waals surface area contributed by atoms with Crippen molar-refractivity contribution in [3.05, 3.63) is 27.0 Å². The maximum Gasteiger partial charge on any atom is 0.325 e. The van der Waals surface area contributed by atoms with E-state index in [4.69, 9.17) is 5.11 Å². The lowest BCUT2D eigenvalue weighted by Crippen LogP contribution is -2.48. The van der Waals surface area contributed by atoms with Crippen molar-refractivity contribution >= 4 is 16.0 Å². The van der Waals surface area contributed by atoms with E-state index in [1.807, 2.05) is 4.98 Å². The summed E-state index contributed by atoms with van der Waals surface area (Å²) in [4.78, 5) is 36.5. The third-order valence-corrected chi connectivity index (χ3v) is 4.85. The van der Waals surface area contributed by atoms with Crippen LogP contribution in [-0.2, 0) is 14.8 Å². The first-order valence-corrected chi connectivity index (χ1v) is 7.30. The molecule has 1 heterocycles. The van der Waals surface area contributed by atoms with Gasteiger partial charge < -0.3 is 10.1 Å². The van der Waals surface area contributed by atoms with Crippen LogP contribution in [0, 0.1) is 5.41 Å². The summed E-state index contributed by atoms with van der Waals surface area (Å²) >= 11 is 0. The Hall–Kier alpha value is -1.94. The van der Waals surface area contributed by atoms with Crippen LogP contribution < -0.4 is 16.0 Å². The van der Waals surface area contributed by atoms with Gasteiger partial charge in [0.1, 0.15) is 0 Å². The molecule has 0 amide bonds. The second-order valence-corrected chi connectivity index (χ2v) is 6.44. The third kappa shape index (κ3) is 2.51. The van der Waals surface area contributed by atoms with Crippen LogP contribution in [0.1, 0.15) is 19.3 Å². The van der Waals surface area contributed by atoms with E-state index < -0.39 is 37.6 Å². The Morgan fingerprint density at radius 1 is 1.40 bits per heavy atom. The third-order valence-electron chi connectivity index (χ3n) is 3.44. The number of carbonyl (C=O) groups is 1. The quantitative estimate of drug-likeness (QED) is 0.525. The normalized spacial score (nSPS) is 17.4. The first kappa shape index (κ1) is 14.5. The number of aromatic amines is 2. The Morgan fingerprint density at radius 2 is 2.05 bits per heavy atom. The molecule has 0 unspecified atom stereocenters. The van der Waals surface area contributed by atoms with Crippen LogP contribution in [0.4, 0.5) is 0 Å². The lowest BCUT2D eigenvalue weighted by atomic mass is 9.69. The molecule has 20 heavy (non-hydrogen) atoms. The van der Waals surface area contributed by atoms with E-state index in [2.05, 4.69) is 4.72 Å². The van der Waals surface area contributed by atoms with Gasteiger partial charge in [-0.3, -0.25) is 14.6 Å². The standard InChI is InChI=1S/C10H13N3O6S/c14-7-6(4-11-9(17)13-7)20(18,19)12-5-10(8(15)16)2-1-3-10/h4,12H,1-3,5H2,(H,15,16)(H2,11,13,14,17). The number of hydrogen-bond donors (Lipinski definition) is 4. The molecule has 0 spiro atoms. The van der Waals surface area contributed by atoms with E-state index in [-0.39, 0.29) is 6.54 Å². The first-order chi connectivity index (χ1) is 9.27. The highest BCUT2D eigenvalue weighted by Crippen LogP contribution is 2.40. The Balaban J connectivity index is 2.22. The summed E-state index contributed by atoms with van der Waals surface area (Å²) in [6, 6.07) is 0. The van der Waals surface area contributed by atoms with Crippen LogP contribution in [0.2, 0.25) is 0 Å². The van der Waals surface area contributed by atoms with Crippen molar-refractivity contribution in [3.63, 3.8) is 0 Å². The molecule has 0 saturated heterocycles. The van der Waals surface area contributed by atoms with E-state index in [1.54, 1.807) is 4.98 Å². The number of nitrogens with one attached hydrogen (secondary N) is 3. The molecule has 110 valence electrons. The molecule has 1 fully saturated rings. The van der Waals surface area contributed by atoms with Crippen molar-refractivity contribution in [1.82, 2.24) is 14.7 Å². The Kier molecular flexibility index (Phi) is 3.52. The predicted octanol–water partition coefficient (Wildman–Crippen LogP) is -1.40. The Morgan fingerprint density at radius 3 is 2.50 bits per heavy atom. The largest absolute Gasteiger partial charge is 0.481 e. The summed E-state index contributed by atoms with van der Waals surface area (Å²) in [5, 5.41) is 9.09. The second kappa shape index (κ2) is 4.87. The molecule has 4 N–H and O–H groups in total. The number of aliphatic carboxylic acids is 1. The number of H-pyrrole nitrogens is 2. The van der Waals surface area contributed by atoms with Crippen LogP contribution in [0.5, 0.6) is 0 Å². The molecule has 0 bridgehead atoms. The van der Waals surface area contributed by atoms with E-state index >= 15 is 0 Å². The highest BCUT2D eigenvalue weighted by molar-refractivity contribution is 7.89. The van der Waals surface area contributed by atoms with Gasteiger partial charge in [0.25, 0.3) is 5.56 Å². The van der Waals surface area contributed by atoms with Gasteiger partial charge in [-0.25, -0.2) is 17.9 Å². The molecule has 9 nitrogen and oxygen atoms in total. The summed E-state index contributed by atoms with van der Waals surface area (Å²) in [5.41, 5.74) is -2.99. The van der Waals surface area contributed by atoms with Crippen molar-refractivity contribution < 1.29 is 18.3 Å². The fourth-order valence-electron chi connectivity index (χ4n) is 1.98. The Bertz CT molecular complexity index is 743. The minimum absolute atomic E-state index is 0.288. The molecule has 0 aliphatic heterocycles. The number of carboxylic acid groups (broad SMARTS) is 1. The van der Waals surface area contributed by atoms with Gasteiger partial charge in [-0.15, -0.1) is 0 Å². The molecule has 0 atom stereocenters. The van der Waals surface area contributed by atoms with Crippen molar-refractivity contribution in [1.29, 1.82) is 0 Å². The predicted molar refractivity (Wildman–Crippen MR) is 66.8 cm³/mol. The molecule has 1 aliphatic carbocycles. The number of aromatic nitrogens is 2. The van der Waals surface area contributed by atoms with Gasteiger partial charge in [-0.1, -0.05) is 6.42 Å². The number of sulfonamides is 1. The summed E-state index contributed by atoms with van der Waals surface area (Å²) < 4.78 is 26.0. The molecule has 0 aromatic carbocycles. The SMILES string of the molecule is O=C(O)C1(CNS(=O)(=O)c2c[nH]c(=O)[nH]c2=O)CCC1. The summed E-state index contributed by atoms with van der Waals surface area (Å²) in [6.07, 6.45) is 2.25. The lowest BCUT2D eigenvalue weighted by molar-refractivity contribution is -0.153. The van der Waals surface area contributed by atoms with Crippen molar-refractivity contribution in [2.45, 2.75) is 24.2 Å². The van der Waals surface area contributed by atoms with E-state index in [0.717, 1.165) is 6.20 Å². The molecule has 10 heteroatoms. The van der Waals surface area contributed by atoms with Crippen molar-refractivity contribution in [2.24, 2.45) is 5.41 Å². The molecule has 1 aromatic heterocycles. The maximum absolute atomic E-state index is 11.9. The van der Waals surface area contributed by atoms with Gasteiger partial charge in [0.2, 0.25) is 10.0 Å². The van der Waals surface area contributed by atoms with Crippen molar-refractivity contribution in [3.8, 4) is 0 Å². The zero-order valence-electron chi connectivity index (χ0n) is 10.3. The van der Waals surface area contributed by atoms with Gasteiger partial charge in [0.15, 0.2) is 4.90 Å². The van der Waals surface area contributed by atoms with Crippen LogP contribution in [0.15, 0.2) is 20.7 Å². The maximum atomic E-state index is 11.9. The fraction of sp³-hybridized carbons (Fsp3) is 0.500. The topological polar surface area (TPSA) is 149 Å². The molecule has 0 radical (unpaired) electrons. The summed E-state index contributed by atoms with van der Waals surface area (Å²) in [7, 11) is -4.18. The van der Waals surface area contributed by atoms with Gasteiger partial charge in [-0.2, -0.15) is 0 Å². The highest BCUT2D eigenvalue weighted by Gasteiger charge is 2.45. The van der Waals surface area contributed by atoms with E-state index in [9.17, 15) is 22.8 Å². The van der Waals surface area contributed by atoms with Crippen LogP contribution >= 0.6 is 0 Å². The molecule has 2 rings (SSSR count). The van der Waals surface area contributed by atoms with Gasteiger partial charge in [0, 0.05) is 12.7 Å². The minimum Gasteiger partial charge on any atom is -0.481 e. The molecular formula is C10H13N3O6S. The number of rotatable bonds is 5. The summed E-state index contributed by atoms with van der Waals surface area (Å²) in [6.45, 7) is -0.288. The minimum atomic E-state index is -4.18. The average molecular weight is 303 g/mol.